The molecule has 0 bridgehead atoms. The number of hydrogen-bond donors (Lipinski definition) is 2. The molecule has 2 aromatic rings. The van der Waals surface area contributed by atoms with Crippen LogP contribution < -0.4 is 5.32 Å². The first-order chi connectivity index (χ1) is 12.1. The number of nitrogens with zero attached hydrogens (tertiary/aromatic N) is 2. The van der Waals surface area contributed by atoms with Gasteiger partial charge >= 0.3 is 0 Å². The number of rotatable bonds is 2. The van der Waals surface area contributed by atoms with E-state index in [0.29, 0.717) is 16.8 Å². The topological polar surface area (TPSA) is 64.9 Å². The first-order valence-electron chi connectivity index (χ1n) is 8.66. The average molecular weight is 335 g/mol. The van der Waals surface area contributed by atoms with E-state index >= 15 is 0 Å². The number of phenolic OH excluding ortho intramolecular Hbond substituents is 1. The highest BCUT2D eigenvalue weighted by Crippen LogP contribution is 2.42. The van der Waals surface area contributed by atoms with Crippen molar-refractivity contribution in [2.24, 2.45) is 5.10 Å². The predicted octanol–water partition coefficient (Wildman–Crippen LogP) is 3.95. The van der Waals surface area contributed by atoms with Crippen LogP contribution in [0.15, 0.2) is 53.6 Å². The van der Waals surface area contributed by atoms with Gasteiger partial charge in [-0.15, -0.1) is 0 Å². The highest BCUT2D eigenvalue weighted by atomic mass is 16.3. The van der Waals surface area contributed by atoms with Gasteiger partial charge in [0.25, 0.3) is 5.91 Å². The minimum Gasteiger partial charge on any atom is -0.507 e. The van der Waals surface area contributed by atoms with Gasteiger partial charge in [0.05, 0.1) is 11.3 Å². The Morgan fingerprint density at radius 1 is 1.12 bits per heavy atom. The quantitative estimate of drug-likeness (QED) is 0.817. The maximum Gasteiger partial charge on any atom is 0.278 e. The third-order valence-electron chi connectivity index (χ3n) is 5.10. The molecule has 5 nitrogen and oxygen atoms in total. The van der Waals surface area contributed by atoms with E-state index < -0.39 is 5.66 Å². The highest BCUT2D eigenvalue weighted by molar-refractivity contribution is 6.05. The Hall–Kier alpha value is -2.82. The smallest absolute Gasteiger partial charge is 0.278 e. The summed E-state index contributed by atoms with van der Waals surface area (Å²) in [5.74, 6) is 0.0769. The second-order valence-corrected chi connectivity index (χ2v) is 6.73. The van der Waals surface area contributed by atoms with Crippen molar-refractivity contribution in [1.82, 2.24) is 5.01 Å². The monoisotopic (exact) mass is 335 g/mol. The molecule has 1 amide bonds. The molecule has 25 heavy (non-hydrogen) atoms. The number of carbonyl (C=O) groups is 1. The second-order valence-electron chi connectivity index (χ2n) is 6.73. The van der Waals surface area contributed by atoms with Crippen LogP contribution in [0, 0.1) is 0 Å². The molecule has 1 aliphatic carbocycles. The van der Waals surface area contributed by atoms with Gasteiger partial charge in [-0.3, -0.25) is 4.79 Å². The van der Waals surface area contributed by atoms with E-state index in [2.05, 4.69) is 10.4 Å². The number of para-hydroxylation sites is 2. The lowest BCUT2D eigenvalue weighted by Crippen LogP contribution is -2.56. The van der Waals surface area contributed by atoms with Gasteiger partial charge in [0.15, 0.2) is 0 Å². The number of amides is 1. The summed E-state index contributed by atoms with van der Waals surface area (Å²) in [6.45, 7) is 1.82. The Labute approximate surface area is 147 Å². The van der Waals surface area contributed by atoms with E-state index in [-0.39, 0.29) is 11.7 Å². The van der Waals surface area contributed by atoms with Crippen LogP contribution in [0.4, 0.5) is 5.69 Å². The van der Waals surface area contributed by atoms with Crippen LogP contribution in [-0.2, 0) is 0 Å². The van der Waals surface area contributed by atoms with Crippen molar-refractivity contribution in [1.29, 1.82) is 0 Å². The molecule has 0 aromatic heterocycles. The lowest BCUT2D eigenvalue weighted by molar-refractivity contribution is 0.0526. The standard InChI is InChI=1S/C20H21N3O2/c1-14(15-8-3-5-11-18(15)24)22-23-19(25)16-9-2-4-10-17(16)21-20(23)12-6-7-13-20/h2-5,8-11,21,24H,6-7,12-13H2,1H3/b22-14+. The van der Waals surface area contributed by atoms with Gasteiger partial charge in [0, 0.05) is 11.3 Å². The molecule has 1 fully saturated rings. The van der Waals surface area contributed by atoms with Crippen molar-refractivity contribution < 1.29 is 9.90 Å². The molecule has 1 saturated carbocycles. The fourth-order valence-electron chi connectivity index (χ4n) is 3.81. The van der Waals surface area contributed by atoms with E-state index in [1.54, 1.807) is 17.1 Å². The molecule has 2 N–H and O–H groups in total. The number of hydrazone groups is 1. The normalized spacial score (nSPS) is 19.0. The van der Waals surface area contributed by atoms with Crippen molar-refractivity contribution in [2.75, 3.05) is 5.32 Å². The van der Waals surface area contributed by atoms with Crippen LogP contribution >= 0.6 is 0 Å². The first kappa shape index (κ1) is 15.7. The van der Waals surface area contributed by atoms with Gasteiger partial charge in [-0.05, 0) is 56.9 Å². The molecule has 0 radical (unpaired) electrons. The van der Waals surface area contributed by atoms with Crippen LogP contribution in [-0.4, -0.2) is 27.4 Å². The van der Waals surface area contributed by atoms with Gasteiger partial charge in [-0.25, -0.2) is 5.01 Å². The van der Waals surface area contributed by atoms with E-state index in [4.69, 9.17) is 0 Å². The van der Waals surface area contributed by atoms with E-state index in [9.17, 15) is 9.90 Å². The molecule has 0 atom stereocenters. The fourth-order valence-corrected chi connectivity index (χ4v) is 3.81. The molecule has 128 valence electrons. The van der Waals surface area contributed by atoms with Gasteiger partial charge in [-0.1, -0.05) is 24.3 Å². The zero-order chi connectivity index (χ0) is 17.4. The molecular weight excluding hydrogens is 314 g/mol. The predicted molar refractivity (Wildman–Crippen MR) is 97.8 cm³/mol. The van der Waals surface area contributed by atoms with Crippen molar-refractivity contribution in [3.05, 3.63) is 59.7 Å². The molecule has 2 aliphatic rings. The molecule has 0 unspecified atom stereocenters. The summed E-state index contributed by atoms with van der Waals surface area (Å²) in [4.78, 5) is 13.1. The Balaban J connectivity index is 1.80. The van der Waals surface area contributed by atoms with E-state index in [1.807, 2.05) is 43.3 Å². The summed E-state index contributed by atoms with van der Waals surface area (Å²) < 4.78 is 0. The maximum atomic E-state index is 13.1. The number of carbonyl (C=O) groups excluding carboxylic acids is 1. The zero-order valence-corrected chi connectivity index (χ0v) is 14.2. The summed E-state index contributed by atoms with van der Waals surface area (Å²) in [7, 11) is 0. The van der Waals surface area contributed by atoms with Crippen LogP contribution in [0.2, 0.25) is 0 Å². The largest absolute Gasteiger partial charge is 0.507 e. The minimum atomic E-state index is -0.475. The Bertz CT molecular complexity index is 854. The number of phenols is 1. The molecule has 2 aromatic carbocycles. The van der Waals surface area contributed by atoms with Crippen LogP contribution in [0.1, 0.15) is 48.5 Å². The van der Waals surface area contributed by atoms with Crippen LogP contribution in [0.25, 0.3) is 0 Å². The number of aromatic hydroxyl groups is 1. The number of benzene rings is 2. The molecule has 1 aliphatic heterocycles. The van der Waals surface area contributed by atoms with Gasteiger partial charge < -0.3 is 10.4 Å². The van der Waals surface area contributed by atoms with Crippen molar-refractivity contribution in [2.45, 2.75) is 38.3 Å². The summed E-state index contributed by atoms with van der Waals surface area (Å²) in [6.07, 6.45) is 3.85. The van der Waals surface area contributed by atoms with Crippen LogP contribution in [0.5, 0.6) is 5.75 Å². The van der Waals surface area contributed by atoms with Crippen molar-refractivity contribution in [3.8, 4) is 5.75 Å². The van der Waals surface area contributed by atoms with Gasteiger partial charge in [0.2, 0.25) is 0 Å². The summed E-state index contributed by atoms with van der Waals surface area (Å²) in [5, 5.41) is 19.9. The first-order valence-corrected chi connectivity index (χ1v) is 8.66. The zero-order valence-electron chi connectivity index (χ0n) is 14.2. The van der Waals surface area contributed by atoms with Crippen molar-refractivity contribution >= 4 is 17.3 Å². The lowest BCUT2D eigenvalue weighted by Gasteiger charge is -2.43. The van der Waals surface area contributed by atoms with E-state index in [1.165, 1.54) is 0 Å². The average Bonchev–Trinajstić information content (AvgIpc) is 3.08. The number of fused-ring (bicyclic) bond motifs is 1. The molecule has 1 spiro atoms. The van der Waals surface area contributed by atoms with E-state index in [0.717, 1.165) is 31.4 Å². The minimum absolute atomic E-state index is 0.0916. The third-order valence-corrected chi connectivity index (χ3v) is 5.10. The third kappa shape index (κ3) is 2.56. The molecular formula is C20H21N3O2. The summed E-state index contributed by atoms with van der Waals surface area (Å²) in [5.41, 5.74) is 2.30. The number of anilines is 1. The number of nitrogens with one attached hydrogen (secondary N) is 1. The summed E-state index contributed by atoms with van der Waals surface area (Å²) in [6, 6.07) is 14.6. The summed E-state index contributed by atoms with van der Waals surface area (Å²) >= 11 is 0. The molecule has 1 heterocycles. The molecule has 4 rings (SSSR count). The fraction of sp³-hybridized carbons (Fsp3) is 0.300. The van der Waals surface area contributed by atoms with Gasteiger partial charge in [0.1, 0.15) is 11.4 Å². The Kier molecular flexibility index (Phi) is 3.71. The number of hydrogen-bond acceptors (Lipinski definition) is 4. The SMILES string of the molecule is C/C(=N\N1C(=O)c2ccccc2NC12CCCC2)c1ccccc1O. The highest BCUT2D eigenvalue weighted by Gasteiger charge is 2.47. The molecule has 0 saturated heterocycles. The maximum absolute atomic E-state index is 13.1. The van der Waals surface area contributed by atoms with Gasteiger partial charge in [-0.2, -0.15) is 5.10 Å². The van der Waals surface area contributed by atoms with Crippen LogP contribution in [0.3, 0.4) is 0 Å². The lowest BCUT2D eigenvalue weighted by atomic mass is 9.99. The Morgan fingerprint density at radius 3 is 2.56 bits per heavy atom. The second kappa shape index (κ2) is 5.92. The Morgan fingerprint density at radius 2 is 1.80 bits per heavy atom. The van der Waals surface area contributed by atoms with Crippen molar-refractivity contribution in [3.63, 3.8) is 0 Å². The molecule has 5 heteroatoms.